The van der Waals surface area contributed by atoms with Crippen LogP contribution in [-0.2, 0) is 19.4 Å². The van der Waals surface area contributed by atoms with Crippen LogP contribution in [-0.4, -0.2) is 30.7 Å². The zero-order valence-electron chi connectivity index (χ0n) is 11.6. The van der Waals surface area contributed by atoms with E-state index in [1.54, 1.807) is 0 Å². The van der Waals surface area contributed by atoms with Crippen LogP contribution in [0, 0.1) is 13.8 Å². The number of aromatic nitrogens is 5. The minimum absolute atomic E-state index is 0.465. The van der Waals surface area contributed by atoms with Crippen molar-refractivity contribution in [2.45, 2.75) is 45.4 Å². The largest absolute Gasteiger partial charge is 0.313 e. The molecule has 0 spiro atoms. The number of H-pyrrole nitrogens is 1. The Hall–Kier alpha value is -1.30. The van der Waals surface area contributed by atoms with Gasteiger partial charge in [0.15, 0.2) is 0 Å². The van der Waals surface area contributed by atoms with Crippen molar-refractivity contribution in [2.24, 2.45) is 0 Å². The highest BCUT2D eigenvalue weighted by Gasteiger charge is 2.22. The molecule has 0 amide bonds. The van der Waals surface area contributed by atoms with E-state index in [9.17, 15) is 0 Å². The van der Waals surface area contributed by atoms with E-state index in [4.69, 9.17) is 0 Å². The first-order valence-electron chi connectivity index (χ1n) is 6.71. The molecule has 6 heteroatoms. The quantitative estimate of drug-likeness (QED) is 0.934. The van der Waals surface area contributed by atoms with E-state index in [0.29, 0.717) is 5.25 Å². The number of aromatic amines is 1. The van der Waals surface area contributed by atoms with Crippen LogP contribution in [0.4, 0.5) is 0 Å². The molecule has 1 atom stereocenters. The summed E-state index contributed by atoms with van der Waals surface area (Å²) in [6.45, 7) is 7.37. The fourth-order valence-corrected chi connectivity index (χ4v) is 3.62. The van der Waals surface area contributed by atoms with Gasteiger partial charge in [-0.15, -0.1) is 22.0 Å². The second-order valence-electron chi connectivity index (χ2n) is 5.05. The lowest BCUT2D eigenvalue weighted by Gasteiger charge is -2.20. The van der Waals surface area contributed by atoms with Crippen LogP contribution in [0.25, 0.3) is 0 Å². The molecule has 102 valence electrons. The lowest BCUT2D eigenvalue weighted by Crippen LogP contribution is -2.16. The van der Waals surface area contributed by atoms with Gasteiger partial charge in [-0.2, -0.15) is 5.10 Å². The van der Waals surface area contributed by atoms with E-state index < -0.39 is 0 Å². The zero-order chi connectivity index (χ0) is 13.4. The van der Waals surface area contributed by atoms with Crippen molar-refractivity contribution in [3.05, 3.63) is 28.6 Å². The summed E-state index contributed by atoms with van der Waals surface area (Å²) >= 11 is 1.96. The van der Waals surface area contributed by atoms with E-state index in [1.165, 1.54) is 11.3 Å². The summed E-state index contributed by atoms with van der Waals surface area (Å²) in [4.78, 5) is 0. The SMILES string of the molecule is Cc1n[nH]c(C)c1CCc1nnc2n1CCSC2C. The molecule has 0 fully saturated rings. The van der Waals surface area contributed by atoms with Gasteiger partial charge in [0.25, 0.3) is 0 Å². The Balaban J connectivity index is 1.78. The van der Waals surface area contributed by atoms with Crippen LogP contribution in [0.5, 0.6) is 0 Å². The lowest BCUT2D eigenvalue weighted by atomic mass is 10.1. The van der Waals surface area contributed by atoms with Crippen LogP contribution in [0.15, 0.2) is 0 Å². The summed E-state index contributed by atoms with van der Waals surface area (Å²) in [5, 5.41) is 16.5. The first-order chi connectivity index (χ1) is 9.16. The van der Waals surface area contributed by atoms with Crippen LogP contribution < -0.4 is 0 Å². The number of thioether (sulfide) groups is 1. The minimum atomic E-state index is 0.465. The second-order valence-corrected chi connectivity index (χ2v) is 6.50. The minimum Gasteiger partial charge on any atom is -0.313 e. The molecule has 0 saturated heterocycles. The smallest absolute Gasteiger partial charge is 0.145 e. The monoisotopic (exact) mass is 277 g/mol. The van der Waals surface area contributed by atoms with E-state index in [-0.39, 0.29) is 0 Å². The number of hydrogen-bond acceptors (Lipinski definition) is 4. The molecule has 1 aliphatic rings. The number of hydrogen-bond donors (Lipinski definition) is 1. The van der Waals surface area contributed by atoms with E-state index in [1.807, 2.05) is 11.8 Å². The molecule has 0 aromatic carbocycles. The van der Waals surface area contributed by atoms with Crippen molar-refractivity contribution >= 4 is 11.8 Å². The molecule has 0 radical (unpaired) electrons. The Morgan fingerprint density at radius 1 is 1.32 bits per heavy atom. The van der Waals surface area contributed by atoms with Crippen LogP contribution >= 0.6 is 11.8 Å². The van der Waals surface area contributed by atoms with Crippen LogP contribution in [0.2, 0.25) is 0 Å². The van der Waals surface area contributed by atoms with Gasteiger partial charge in [-0.3, -0.25) is 5.10 Å². The van der Waals surface area contributed by atoms with E-state index in [0.717, 1.165) is 42.5 Å². The molecule has 0 bridgehead atoms. The van der Waals surface area contributed by atoms with Crippen molar-refractivity contribution in [3.8, 4) is 0 Å². The van der Waals surface area contributed by atoms with E-state index >= 15 is 0 Å². The standard InChI is InChI=1S/C13H19N5S/c1-8-11(9(2)15-14-8)4-5-12-16-17-13-10(3)19-7-6-18(12)13/h10H,4-7H2,1-3H3,(H,14,15). The van der Waals surface area contributed by atoms with Crippen molar-refractivity contribution in [1.29, 1.82) is 0 Å². The second kappa shape index (κ2) is 5.00. The summed E-state index contributed by atoms with van der Waals surface area (Å²) in [7, 11) is 0. The van der Waals surface area contributed by atoms with Gasteiger partial charge in [0, 0.05) is 24.4 Å². The fraction of sp³-hybridized carbons (Fsp3) is 0.615. The Bertz CT molecular complexity index is 566. The number of rotatable bonds is 3. The topological polar surface area (TPSA) is 59.4 Å². The molecule has 1 aliphatic heterocycles. The van der Waals surface area contributed by atoms with Crippen molar-refractivity contribution < 1.29 is 0 Å². The summed E-state index contributed by atoms with van der Waals surface area (Å²) in [6, 6.07) is 0. The Kier molecular flexibility index (Phi) is 3.35. The maximum Gasteiger partial charge on any atom is 0.145 e. The average molecular weight is 277 g/mol. The highest BCUT2D eigenvalue weighted by atomic mass is 32.2. The highest BCUT2D eigenvalue weighted by Crippen LogP contribution is 2.31. The van der Waals surface area contributed by atoms with Crippen molar-refractivity contribution in [1.82, 2.24) is 25.0 Å². The molecule has 1 unspecified atom stereocenters. The summed E-state index contributed by atoms with van der Waals surface area (Å²) in [5.74, 6) is 3.40. The summed E-state index contributed by atoms with van der Waals surface area (Å²) in [5.41, 5.74) is 3.58. The van der Waals surface area contributed by atoms with Crippen molar-refractivity contribution in [2.75, 3.05) is 5.75 Å². The molecular weight excluding hydrogens is 258 g/mol. The normalized spacial score (nSPS) is 18.6. The molecule has 0 aliphatic carbocycles. The number of aryl methyl sites for hydroxylation is 3. The summed E-state index contributed by atoms with van der Waals surface area (Å²) < 4.78 is 2.30. The van der Waals surface area contributed by atoms with Gasteiger partial charge in [-0.05, 0) is 32.8 Å². The van der Waals surface area contributed by atoms with Crippen molar-refractivity contribution in [3.63, 3.8) is 0 Å². The predicted molar refractivity (Wildman–Crippen MR) is 76.4 cm³/mol. The fourth-order valence-electron chi connectivity index (χ4n) is 2.65. The predicted octanol–water partition coefficient (Wildman–Crippen LogP) is 2.21. The first-order valence-corrected chi connectivity index (χ1v) is 7.75. The molecule has 1 N–H and O–H groups in total. The maximum atomic E-state index is 4.38. The number of fused-ring (bicyclic) bond motifs is 1. The molecule has 2 aromatic heterocycles. The van der Waals surface area contributed by atoms with Gasteiger partial charge in [0.05, 0.1) is 10.9 Å². The Morgan fingerprint density at radius 2 is 2.16 bits per heavy atom. The first kappa shape index (κ1) is 12.7. The maximum absolute atomic E-state index is 4.38. The van der Waals surface area contributed by atoms with Gasteiger partial charge < -0.3 is 4.57 Å². The molecule has 19 heavy (non-hydrogen) atoms. The third-order valence-electron chi connectivity index (χ3n) is 3.78. The average Bonchev–Trinajstić information content (AvgIpc) is 2.94. The third kappa shape index (κ3) is 2.29. The van der Waals surface area contributed by atoms with Crippen LogP contribution in [0.3, 0.4) is 0 Å². The molecule has 3 rings (SSSR count). The Morgan fingerprint density at radius 3 is 2.89 bits per heavy atom. The van der Waals surface area contributed by atoms with Gasteiger partial charge in [-0.1, -0.05) is 0 Å². The van der Waals surface area contributed by atoms with Gasteiger partial charge in [0.1, 0.15) is 11.6 Å². The number of nitrogens with one attached hydrogen (secondary N) is 1. The Labute approximate surface area is 117 Å². The zero-order valence-corrected chi connectivity index (χ0v) is 12.4. The van der Waals surface area contributed by atoms with Gasteiger partial charge in [0.2, 0.25) is 0 Å². The highest BCUT2D eigenvalue weighted by molar-refractivity contribution is 7.99. The molecule has 5 nitrogen and oxygen atoms in total. The molecular formula is C13H19N5S. The van der Waals surface area contributed by atoms with Gasteiger partial charge in [-0.25, -0.2) is 0 Å². The molecule has 2 aromatic rings. The molecule has 0 saturated carbocycles. The third-order valence-corrected chi connectivity index (χ3v) is 4.91. The van der Waals surface area contributed by atoms with Crippen LogP contribution in [0.1, 0.15) is 40.8 Å². The lowest BCUT2D eigenvalue weighted by molar-refractivity contribution is 0.644. The summed E-state index contributed by atoms with van der Waals surface area (Å²) in [6.07, 6.45) is 1.92. The van der Waals surface area contributed by atoms with E-state index in [2.05, 4.69) is 45.7 Å². The molecule has 3 heterocycles. The number of nitrogens with zero attached hydrogens (tertiary/aromatic N) is 4. The van der Waals surface area contributed by atoms with Gasteiger partial charge >= 0.3 is 0 Å².